The highest BCUT2D eigenvalue weighted by atomic mass is 16.6. The summed E-state index contributed by atoms with van der Waals surface area (Å²) in [7, 11) is 3.07. The summed E-state index contributed by atoms with van der Waals surface area (Å²) < 4.78 is 10.7. The molecule has 0 fully saturated rings. The van der Waals surface area contributed by atoms with Gasteiger partial charge in [0.2, 0.25) is 5.91 Å². The van der Waals surface area contributed by atoms with Crippen molar-refractivity contribution in [2.24, 2.45) is 5.16 Å². The summed E-state index contributed by atoms with van der Waals surface area (Å²) in [6.45, 7) is 0.654. The first-order valence-corrected chi connectivity index (χ1v) is 8.81. The summed E-state index contributed by atoms with van der Waals surface area (Å²) in [4.78, 5) is 16.8. The molecule has 0 aromatic heterocycles. The maximum Gasteiger partial charge on any atom is 0.220 e. The van der Waals surface area contributed by atoms with E-state index in [0.29, 0.717) is 30.9 Å². The molecule has 2 rings (SSSR count). The van der Waals surface area contributed by atoms with Crippen LogP contribution in [0.25, 0.3) is 0 Å². The molecule has 0 atom stereocenters. The Balaban J connectivity index is 1.82. The van der Waals surface area contributed by atoms with Gasteiger partial charge in [0.1, 0.15) is 13.7 Å². The molecule has 0 saturated heterocycles. The number of hydrogen-bond acceptors (Lipinski definition) is 5. The number of ether oxygens (including phenoxy) is 2. The lowest BCUT2D eigenvalue weighted by molar-refractivity contribution is -0.121. The maximum absolute atomic E-state index is 12.1. The van der Waals surface area contributed by atoms with Gasteiger partial charge < -0.3 is 19.6 Å². The number of benzene rings is 2. The van der Waals surface area contributed by atoms with Crippen molar-refractivity contribution in [2.45, 2.75) is 19.4 Å². The average Bonchev–Trinajstić information content (AvgIpc) is 2.74. The van der Waals surface area contributed by atoms with E-state index in [9.17, 15) is 4.79 Å². The summed E-state index contributed by atoms with van der Waals surface area (Å²) in [5.74, 6) is 3.59. The number of carbonyl (C=O) groups excluding carboxylic acids is 1. The fourth-order valence-corrected chi connectivity index (χ4v) is 2.49. The van der Waals surface area contributed by atoms with Crippen LogP contribution >= 0.6 is 0 Å². The largest absolute Gasteiger partial charge is 0.493 e. The van der Waals surface area contributed by atoms with Crippen LogP contribution < -0.4 is 14.8 Å². The summed E-state index contributed by atoms with van der Waals surface area (Å²) in [5, 5.41) is 6.64. The maximum atomic E-state index is 12.1. The summed E-state index contributed by atoms with van der Waals surface area (Å²) >= 11 is 0. The number of terminal acetylenes is 1. The number of carbonyl (C=O) groups is 1. The number of aryl methyl sites for hydroxylation is 1. The number of hydrogen-bond donors (Lipinski definition) is 1. The van der Waals surface area contributed by atoms with E-state index in [4.69, 9.17) is 15.9 Å². The Morgan fingerprint density at radius 3 is 2.57 bits per heavy atom. The molecule has 1 N–H and O–H groups in total. The third-order valence-electron chi connectivity index (χ3n) is 3.96. The molecule has 0 aliphatic rings. The molecule has 0 aliphatic heterocycles. The van der Waals surface area contributed by atoms with E-state index in [1.54, 1.807) is 19.4 Å². The van der Waals surface area contributed by atoms with Gasteiger partial charge in [0.05, 0.1) is 13.3 Å². The molecule has 0 spiro atoms. The summed E-state index contributed by atoms with van der Waals surface area (Å²) in [6, 6.07) is 13.3. The van der Waals surface area contributed by atoms with Crippen molar-refractivity contribution < 1.29 is 19.1 Å². The fourth-order valence-electron chi connectivity index (χ4n) is 2.49. The molecule has 28 heavy (non-hydrogen) atoms. The Labute approximate surface area is 165 Å². The second-order valence-electron chi connectivity index (χ2n) is 5.91. The highest BCUT2D eigenvalue weighted by molar-refractivity contribution is 5.79. The fraction of sp³-hybridized carbons (Fsp3) is 0.273. The van der Waals surface area contributed by atoms with Crippen LogP contribution in [0.2, 0.25) is 0 Å². The van der Waals surface area contributed by atoms with Gasteiger partial charge in [0.15, 0.2) is 11.5 Å². The van der Waals surface area contributed by atoms with Gasteiger partial charge in [0, 0.05) is 13.0 Å². The number of nitrogens with one attached hydrogen (secondary N) is 1. The number of methoxy groups -OCH3 is 1. The Kier molecular flexibility index (Phi) is 8.41. The van der Waals surface area contributed by atoms with Gasteiger partial charge in [-0.2, -0.15) is 0 Å². The van der Waals surface area contributed by atoms with E-state index >= 15 is 0 Å². The minimum atomic E-state index is -0.0170. The number of amides is 1. The topological polar surface area (TPSA) is 69.2 Å². The lowest BCUT2D eigenvalue weighted by Gasteiger charge is -2.11. The monoisotopic (exact) mass is 380 g/mol. The molecule has 0 aliphatic carbocycles. The first-order chi connectivity index (χ1) is 13.7. The van der Waals surface area contributed by atoms with E-state index in [-0.39, 0.29) is 12.5 Å². The zero-order chi connectivity index (χ0) is 20.2. The minimum absolute atomic E-state index is 0.0170. The van der Waals surface area contributed by atoms with Gasteiger partial charge in [-0.25, -0.2) is 0 Å². The first-order valence-electron chi connectivity index (χ1n) is 8.81. The van der Waals surface area contributed by atoms with Crippen LogP contribution in [0.1, 0.15) is 23.1 Å². The van der Waals surface area contributed by atoms with Crippen molar-refractivity contribution in [1.29, 1.82) is 0 Å². The predicted molar refractivity (Wildman–Crippen MR) is 109 cm³/mol. The SMILES string of the molecule is C#CCOc1ccc(CCC(=O)NCc2ccc(C=NOC)cc2)cc1OC. The van der Waals surface area contributed by atoms with Crippen molar-refractivity contribution >= 4 is 12.1 Å². The highest BCUT2D eigenvalue weighted by Gasteiger charge is 2.08. The first kappa shape index (κ1) is 20.8. The van der Waals surface area contributed by atoms with Crippen LogP contribution in [0.5, 0.6) is 11.5 Å². The quantitative estimate of drug-likeness (QED) is 0.391. The van der Waals surface area contributed by atoms with E-state index in [2.05, 4.69) is 21.2 Å². The van der Waals surface area contributed by atoms with Crippen LogP contribution in [-0.2, 0) is 22.6 Å². The van der Waals surface area contributed by atoms with Crippen LogP contribution in [0.4, 0.5) is 0 Å². The molecule has 1 amide bonds. The van der Waals surface area contributed by atoms with E-state index in [0.717, 1.165) is 16.7 Å². The molecule has 0 radical (unpaired) electrons. The molecule has 0 unspecified atom stereocenters. The summed E-state index contributed by atoms with van der Waals surface area (Å²) in [6.07, 6.45) is 7.81. The van der Waals surface area contributed by atoms with Crippen molar-refractivity contribution in [3.8, 4) is 23.8 Å². The van der Waals surface area contributed by atoms with Crippen LogP contribution in [0.3, 0.4) is 0 Å². The second kappa shape index (κ2) is 11.3. The van der Waals surface area contributed by atoms with E-state index < -0.39 is 0 Å². The zero-order valence-corrected chi connectivity index (χ0v) is 16.1. The van der Waals surface area contributed by atoms with E-state index in [1.807, 2.05) is 36.4 Å². The predicted octanol–water partition coefficient (Wildman–Crippen LogP) is 2.94. The van der Waals surface area contributed by atoms with Gasteiger partial charge in [0.25, 0.3) is 0 Å². The molecular weight excluding hydrogens is 356 g/mol. The van der Waals surface area contributed by atoms with Crippen molar-refractivity contribution in [1.82, 2.24) is 5.32 Å². The van der Waals surface area contributed by atoms with Crippen LogP contribution in [0.15, 0.2) is 47.6 Å². The Bertz CT molecular complexity index is 839. The molecule has 146 valence electrons. The van der Waals surface area contributed by atoms with Gasteiger partial charge in [-0.05, 0) is 35.2 Å². The van der Waals surface area contributed by atoms with E-state index in [1.165, 1.54) is 7.11 Å². The third kappa shape index (κ3) is 6.69. The van der Waals surface area contributed by atoms with Gasteiger partial charge in [-0.3, -0.25) is 4.79 Å². The molecule has 2 aromatic carbocycles. The normalized spacial score (nSPS) is 10.3. The standard InChI is InChI=1S/C22H24N2O4/c1-4-13-28-20-11-9-17(14-21(20)26-2)10-12-22(25)23-15-18-5-7-19(8-6-18)16-24-27-3/h1,5-9,11,14,16H,10,12-13,15H2,2-3H3,(H,23,25). The smallest absolute Gasteiger partial charge is 0.220 e. The van der Waals surface area contributed by atoms with Crippen LogP contribution in [0, 0.1) is 12.3 Å². The van der Waals surface area contributed by atoms with Crippen molar-refractivity contribution in [3.05, 3.63) is 59.2 Å². The van der Waals surface area contributed by atoms with Gasteiger partial charge >= 0.3 is 0 Å². The molecule has 6 nitrogen and oxygen atoms in total. The van der Waals surface area contributed by atoms with Crippen LogP contribution in [-0.4, -0.2) is 32.9 Å². The third-order valence-corrected chi connectivity index (χ3v) is 3.96. The van der Waals surface area contributed by atoms with Gasteiger partial charge in [-0.1, -0.05) is 41.4 Å². The molecule has 0 bridgehead atoms. The second-order valence-corrected chi connectivity index (χ2v) is 5.91. The number of oxime groups is 1. The zero-order valence-electron chi connectivity index (χ0n) is 16.1. The lowest BCUT2D eigenvalue weighted by Crippen LogP contribution is -2.23. The average molecular weight is 380 g/mol. The molecule has 2 aromatic rings. The molecule has 0 heterocycles. The molecule has 6 heteroatoms. The lowest BCUT2D eigenvalue weighted by atomic mass is 10.1. The Morgan fingerprint density at radius 2 is 1.89 bits per heavy atom. The Hall–Kier alpha value is -3.46. The summed E-state index contributed by atoms with van der Waals surface area (Å²) in [5.41, 5.74) is 2.93. The molecule has 0 saturated carbocycles. The number of rotatable bonds is 10. The Morgan fingerprint density at radius 1 is 1.14 bits per heavy atom. The van der Waals surface area contributed by atoms with Crippen molar-refractivity contribution in [3.63, 3.8) is 0 Å². The molecular formula is C22H24N2O4. The highest BCUT2D eigenvalue weighted by Crippen LogP contribution is 2.28. The van der Waals surface area contributed by atoms with Gasteiger partial charge in [-0.15, -0.1) is 6.42 Å². The number of nitrogens with zero attached hydrogens (tertiary/aromatic N) is 1. The minimum Gasteiger partial charge on any atom is -0.493 e. The van der Waals surface area contributed by atoms with Crippen molar-refractivity contribution in [2.75, 3.05) is 20.8 Å².